The van der Waals surface area contributed by atoms with Crippen molar-refractivity contribution < 1.29 is 35.1 Å². The summed E-state index contributed by atoms with van der Waals surface area (Å²) < 4.78 is 73.1. The van der Waals surface area contributed by atoms with Crippen molar-refractivity contribution in [2.45, 2.75) is 21.6 Å². The summed E-state index contributed by atoms with van der Waals surface area (Å²) in [5, 5.41) is 30.6. The topological polar surface area (TPSA) is 265 Å². The maximum atomic E-state index is 12.7. The summed E-state index contributed by atoms with van der Waals surface area (Å²) in [6.45, 7) is 1.88. The number of nitro groups is 2. The molecular formula is C25H24N6O10S3. The van der Waals surface area contributed by atoms with Gasteiger partial charge in [-0.05, 0) is 55.5 Å². The van der Waals surface area contributed by atoms with E-state index in [0.29, 0.717) is 17.8 Å². The van der Waals surface area contributed by atoms with Crippen LogP contribution in [-0.2, 0) is 30.1 Å². The van der Waals surface area contributed by atoms with Crippen LogP contribution in [0.25, 0.3) is 0 Å². The van der Waals surface area contributed by atoms with E-state index < -0.39 is 61.9 Å². The number of nitrogen functional groups attached to an aromatic ring is 1. The summed E-state index contributed by atoms with van der Waals surface area (Å²) in [7, 11) is -13.1. The zero-order chi connectivity index (χ0) is 32.9. The third-order valence-corrected chi connectivity index (χ3v) is 10.0. The molecule has 0 aromatic heterocycles. The van der Waals surface area contributed by atoms with E-state index >= 15 is 0 Å². The molecule has 0 radical (unpaired) electrons. The van der Waals surface area contributed by atoms with Crippen molar-refractivity contribution in [1.82, 2.24) is 4.13 Å². The van der Waals surface area contributed by atoms with Crippen LogP contribution in [0.4, 0.5) is 28.4 Å². The Morgan fingerprint density at radius 3 is 1.59 bits per heavy atom. The Morgan fingerprint density at radius 1 is 0.659 bits per heavy atom. The summed E-state index contributed by atoms with van der Waals surface area (Å²) >= 11 is 0. The van der Waals surface area contributed by atoms with Gasteiger partial charge in [0.15, 0.2) is 5.69 Å². The highest BCUT2D eigenvalue weighted by Gasteiger charge is 2.33. The Bertz CT molecular complexity index is 1990. The van der Waals surface area contributed by atoms with Gasteiger partial charge in [-0.2, -0.15) is 0 Å². The first-order valence-corrected chi connectivity index (χ1v) is 16.4. The summed E-state index contributed by atoms with van der Waals surface area (Å²) in [5.74, 6) is 0. The standard InChI is InChI=1S/C18H15N5O8S2.C7H9NO2S/c19-12-6-8-13(9-7-12)20-18-16(22(24)25)10-15(11-17(18)23(26)27)33(30,31)21-32(28,29)14-4-2-1-3-5-14;1-6-2-4-7(5-3-6)11(8,9)10/h1-11,20-21H,19H2;2-5H,1H3,(H2,8,9,10). The number of primary sulfonamides is 1. The Kier molecular flexibility index (Phi) is 10.0. The molecule has 44 heavy (non-hydrogen) atoms. The van der Waals surface area contributed by atoms with Crippen molar-refractivity contribution in [3.63, 3.8) is 0 Å². The minimum Gasteiger partial charge on any atom is -0.399 e. The second kappa shape index (κ2) is 13.1. The SMILES string of the molecule is Cc1ccc(S(N)(=O)=O)cc1.Nc1ccc(Nc2c([N+](=O)[O-])cc(S(=O)(=O)NS(=O)(=O)c3ccccc3)cc2[N+](=O)[O-])cc1. The lowest BCUT2D eigenvalue weighted by atomic mass is 10.2. The van der Waals surface area contributed by atoms with Crippen molar-refractivity contribution in [2.24, 2.45) is 5.14 Å². The minimum atomic E-state index is -4.96. The summed E-state index contributed by atoms with van der Waals surface area (Å²) in [4.78, 5) is 20.0. The van der Waals surface area contributed by atoms with Gasteiger partial charge in [-0.1, -0.05) is 35.9 Å². The van der Waals surface area contributed by atoms with Crippen molar-refractivity contribution >= 4 is 58.5 Å². The van der Waals surface area contributed by atoms with E-state index in [1.165, 1.54) is 58.7 Å². The Hall–Kier alpha value is -4.95. The summed E-state index contributed by atoms with van der Waals surface area (Å²) in [5.41, 5.74) is 4.64. The van der Waals surface area contributed by atoms with Crippen molar-refractivity contribution in [3.8, 4) is 0 Å². The highest BCUT2D eigenvalue weighted by Crippen LogP contribution is 2.39. The van der Waals surface area contributed by atoms with Crippen LogP contribution >= 0.6 is 0 Å². The molecule has 0 spiro atoms. The number of sulfonamides is 3. The molecule has 0 aliphatic rings. The lowest BCUT2D eigenvalue weighted by Crippen LogP contribution is -2.30. The van der Waals surface area contributed by atoms with Crippen LogP contribution in [-0.4, -0.2) is 35.1 Å². The molecule has 4 aromatic carbocycles. The largest absolute Gasteiger partial charge is 0.399 e. The molecule has 6 N–H and O–H groups in total. The first-order valence-electron chi connectivity index (χ1n) is 11.9. The molecule has 0 unspecified atom stereocenters. The number of benzene rings is 4. The van der Waals surface area contributed by atoms with Crippen LogP contribution < -0.4 is 20.3 Å². The number of nitrogens with two attached hydrogens (primary N) is 2. The van der Waals surface area contributed by atoms with E-state index in [1.54, 1.807) is 12.1 Å². The third-order valence-electron chi connectivity index (χ3n) is 5.58. The van der Waals surface area contributed by atoms with Gasteiger partial charge in [-0.3, -0.25) is 20.2 Å². The van der Waals surface area contributed by atoms with E-state index in [1.807, 2.05) is 6.92 Å². The molecular weight excluding hydrogens is 641 g/mol. The Balaban J connectivity index is 0.000000404. The molecule has 0 aliphatic heterocycles. The van der Waals surface area contributed by atoms with Crippen LogP contribution in [0, 0.1) is 27.2 Å². The Morgan fingerprint density at radius 2 is 1.14 bits per heavy atom. The van der Waals surface area contributed by atoms with Gasteiger partial charge < -0.3 is 11.1 Å². The van der Waals surface area contributed by atoms with E-state index in [4.69, 9.17) is 10.9 Å². The molecule has 4 aromatic rings. The molecule has 0 saturated heterocycles. The van der Waals surface area contributed by atoms with Gasteiger partial charge in [0.05, 0.1) is 24.5 Å². The molecule has 4 rings (SSSR count). The molecule has 0 heterocycles. The fraction of sp³-hybridized carbons (Fsp3) is 0.0400. The van der Waals surface area contributed by atoms with Crippen molar-refractivity contribution in [1.29, 1.82) is 0 Å². The second-order valence-corrected chi connectivity index (χ2v) is 14.0. The quantitative estimate of drug-likeness (QED) is 0.114. The molecule has 232 valence electrons. The van der Waals surface area contributed by atoms with Gasteiger partial charge in [0, 0.05) is 23.5 Å². The van der Waals surface area contributed by atoms with Crippen LogP contribution in [0.5, 0.6) is 0 Å². The lowest BCUT2D eigenvalue weighted by Gasteiger charge is -2.11. The lowest BCUT2D eigenvalue weighted by molar-refractivity contribution is -0.392. The predicted octanol–water partition coefficient (Wildman–Crippen LogP) is 3.14. The van der Waals surface area contributed by atoms with Gasteiger partial charge in [0.25, 0.3) is 20.0 Å². The first kappa shape index (κ1) is 33.6. The fourth-order valence-electron chi connectivity index (χ4n) is 3.44. The highest BCUT2D eigenvalue weighted by atomic mass is 32.3. The number of hydrogen-bond donors (Lipinski definition) is 4. The van der Waals surface area contributed by atoms with E-state index in [9.17, 15) is 45.5 Å². The van der Waals surface area contributed by atoms with Gasteiger partial charge >= 0.3 is 11.4 Å². The van der Waals surface area contributed by atoms with Gasteiger partial charge in [0.2, 0.25) is 10.0 Å². The summed E-state index contributed by atoms with van der Waals surface area (Å²) in [6, 6.07) is 19.6. The number of rotatable bonds is 9. The minimum absolute atomic E-state index is 0.156. The van der Waals surface area contributed by atoms with Crippen LogP contribution in [0.2, 0.25) is 0 Å². The third kappa shape index (κ3) is 8.55. The average molecular weight is 665 g/mol. The van der Waals surface area contributed by atoms with E-state index in [0.717, 1.165) is 17.7 Å². The second-order valence-electron chi connectivity index (χ2n) is 8.86. The van der Waals surface area contributed by atoms with Gasteiger partial charge in [0.1, 0.15) is 0 Å². The number of hydrogen-bond acceptors (Lipinski definition) is 12. The molecule has 0 atom stereocenters. The molecule has 0 bridgehead atoms. The fourth-order valence-corrected chi connectivity index (χ4v) is 6.93. The molecule has 0 aliphatic carbocycles. The zero-order valence-corrected chi connectivity index (χ0v) is 25.0. The predicted molar refractivity (Wildman–Crippen MR) is 160 cm³/mol. The highest BCUT2D eigenvalue weighted by molar-refractivity contribution is 8.04. The maximum Gasteiger partial charge on any atom is 0.301 e. The van der Waals surface area contributed by atoms with Crippen molar-refractivity contribution in [3.05, 3.63) is 117 Å². The molecule has 19 heteroatoms. The zero-order valence-electron chi connectivity index (χ0n) is 22.5. The van der Waals surface area contributed by atoms with E-state index in [-0.39, 0.29) is 15.5 Å². The molecule has 0 fully saturated rings. The first-order chi connectivity index (χ1) is 20.4. The Labute approximate surface area is 251 Å². The summed E-state index contributed by atoms with van der Waals surface area (Å²) in [6.07, 6.45) is 0. The monoisotopic (exact) mass is 664 g/mol. The number of anilines is 3. The normalized spacial score (nSPS) is 11.6. The van der Waals surface area contributed by atoms with Crippen LogP contribution in [0.1, 0.15) is 5.56 Å². The number of nitrogens with one attached hydrogen (secondary N) is 2. The van der Waals surface area contributed by atoms with Gasteiger partial charge in [-0.25, -0.2) is 30.4 Å². The van der Waals surface area contributed by atoms with Crippen LogP contribution in [0.15, 0.2) is 106 Å². The number of nitro benzene ring substituents is 2. The van der Waals surface area contributed by atoms with Crippen LogP contribution in [0.3, 0.4) is 0 Å². The smallest absolute Gasteiger partial charge is 0.301 e. The van der Waals surface area contributed by atoms with Crippen molar-refractivity contribution in [2.75, 3.05) is 11.1 Å². The van der Waals surface area contributed by atoms with Gasteiger partial charge in [-0.15, -0.1) is 4.13 Å². The molecule has 0 amide bonds. The maximum absolute atomic E-state index is 12.7. The average Bonchev–Trinajstić information content (AvgIpc) is 2.94. The number of nitrogens with zero attached hydrogens (tertiary/aromatic N) is 2. The van der Waals surface area contributed by atoms with E-state index in [2.05, 4.69) is 5.32 Å². The molecule has 16 nitrogen and oxygen atoms in total. The molecule has 0 saturated carbocycles. The number of aryl methyl sites for hydroxylation is 1.